The van der Waals surface area contributed by atoms with E-state index in [2.05, 4.69) is 35.8 Å². The molecule has 0 spiro atoms. The normalized spacial score (nSPS) is 13.5. The summed E-state index contributed by atoms with van der Waals surface area (Å²) in [7, 11) is 0. The Labute approximate surface area is 217 Å². The van der Waals surface area contributed by atoms with Crippen LogP contribution in [-0.4, -0.2) is 72.0 Å². The average Bonchev–Trinajstić information content (AvgIpc) is 3.15. The van der Waals surface area contributed by atoms with Gasteiger partial charge in [-0.1, -0.05) is 12.1 Å². The lowest BCUT2D eigenvalue weighted by molar-refractivity contribution is -0.193. The molecule has 0 atom stereocenters. The van der Waals surface area contributed by atoms with E-state index in [-0.39, 0.29) is 0 Å². The largest absolute Gasteiger partial charge is 0.490 e. The number of aliphatic carboxylic acids is 2. The molecule has 1 aliphatic heterocycles. The lowest BCUT2D eigenvalue weighted by Crippen LogP contribution is -2.27. The van der Waals surface area contributed by atoms with Crippen molar-refractivity contribution >= 4 is 17.8 Å². The minimum Gasteiger partial charge on any atom is -0.475 e. The van der Waals surface area contributed by atoms with Gasteiger partial charge in [0, 0.05) is 45.0 Å². The first-order valence-corrected chi connectivity index (χ1v) is 11.2. The Morgan fingerprint density at radius 3 is 1.95 bits per heavy atom. The summed E-state index contributed by atoms with van der Waals surface area (Å²) in [5, 5.41) is 17.6. The Balaban J connectivity index is 0.000000317. The van der Waals surface area contributed by atoms with Gasteiger partial charge in [0.15, 0.2) is 0 Å². The number of carbonyl (C=O) groups is 2. The second kappa shape index (κ2) is 14.1. The number of halogens is 6. The minimum absolute atomic E-state index is 0.740. The van der Waals surface area contributed by atoms with Gasteiger partial charge in [-0.2, -0.15) is 26.3 Å². The number of carboxylic acids is 2. The van der Waals surface area contributed by atoms with Gasteiger partial charge in [0.1, 0.15) is 11.6 Å². The maximum atomic E-state index is 10.6. The monoisotopic (exact) mass is 562 g/mol. The van der Waals surface area contributed by atoms with E-state index in [1.807, 2.05) is 42.7 Å². The topological polar surface area (TPSA) is 133 Å². The van der Waals surface area contributed by atoms with Crippen LogP contribution in [0.3, 0.4) is 0 Å². The Morgan fingerprint density at radius 1 is 0.846 bits per heavy atom. The molecule has 3 aromatic rings. The molecule has 4 heterocycles. The number of fused-ring (bicyclic) bond motifs is 1. The average molecular weight is 562 g/mol. The number of pyridine rings is 2. The molecular formula is C23H24F6N6O4. The second-order valence-corrected chi connectivity index (χ2v) is 7.84. The number of imidazole rings is 1. The Kier molecular flexibility index (Phi) is 11.2. The quantitative estimate of drug-likeness (QED) is 0.399. The summed E-state index contributed by atoms with van der Waals surface area (Å²) in [6, 6.07) is 12.0. The number of carboxylic acid groups (broad SMARTS) is 2. The molecule has 0 saturated carbocycles. The molecule has 10 nitrogen and oxygen atoms in total. The number of hydrogen-bond donors (Lipinski definition) is 3. The molecule has 0 fully saturated rings. The summed E-state index contributed by atoms with van der Waals surface area (Å²) < 4.78 is 65.8. The Bertz CT molecular complexity index is 1170. The van der Waals surface area contributed by atoms with Crippen molar-refractivity contribution in [1.82, 2.24) is 24.4 Å². The van der Waals surface area contributed by atoms with Gasteiger partial charge in [-0.3, -0.25) is 9.88 Å². The molecular weight excluding hydrogens is 538 g/mol. The van der Waals surface area contributed by atoms with E-state index in [1.54, 1.807) is 6.20 Å². The molecule has 0 amide bonds. The van der Waals surface area contributed by atoms with Crippen LogP contribution in [0.5, 0.6) is 0 Å². The van der Waals surface area contributed by atoms with Gasteiger partial charge in [-0.25, -0.2) is 19.6 Å². The summed E-state index contributed by atoms with van der Waals surface area (Å²) in [6.45, 7) is 4.62. The van der Waals surface area contributed by atoms with Gasteiger partial charge in [-0.15, -0.1) is 0 Å². The number of aromatic nitrogens is 4. The van der Waals surface area contributed by atoms with Crippen molar-refractivity contribution < 1.29 is 46.1 Å². The third kappa shape index (κ3) is 11.0. The highest BCUT2D eigenvalue weighted by molar-refractivity contribution is 5.73. The van der Waals surface area contributed by atoms with Crippen LogP contribution >= 0.6 is 0 Å². The fourth-order valence-corrected chi connectivity index (χ4v) is 3.21. The van der Waals surface area contributed by atoms with E-state index in [0.717, 1.165) is 50.7 Å². The zero-order chi connectivity index (χ0) is 29.1. The van der Waals surface area contributed by atoms with Crippen LogP contribution in [0.2, 0.25) is 0 Å². The fraction of sp³-hybridized carbons (Fsp3) is 0.348. The fourth-order valence-electron chi connectivity index (χ4n) is 3.21. The first-order chi connectivity index (χ1) is 18.3. The molecule has 3 aromatic heterocycles. The van der Waals surface area contributed by atoms with Crippen molar-refractivity contribution in [2.24, 2.45) is 0 Å². The number of nitrogens with zero attached hydrogens (tertiary/aromatic N) is 5. The number of anilines is 1. The molecule has 39 heavy (non-hydrogen) atoms. The summed E-state index contributed by atoms with van der Waals surface area (Å²) in [6.07, 6.45) is -3.55. The lowest BCUT2D eigenvalue weighted by atomic mass is 10.3. The SMILES string of the molecule is O=C(O)C(F)(F)F.O=C(O)C(F)(F)F.c1ccc(CN2CCc3ncc(CNc4ccccn4)n3CC2)nc1. The van der Waals surface area contributed by atoms with Crippen LogP contribution in [0.15, 0.2) is 55.0 Å². The van der Waals surface area contributed by atoms with E-state index in [1.165, 1.54) is 11.5 Å². The van der Waals surface area contributed by atoms with Crippen LogP contribution in [-0.2, 0) is 35.6 Å². The molecule has 0 bridgehead atoms. The molecule has 3 N–H and O–H groups in total. The number of hydrogen-bond acceptors (Lipinski definition) is 7. The summed E-state index contributed by atoms with van der Waals surface area (Å²) in [4.78, 5) is 33.6. The van der Waals surface area contributed by atoms with Gasteiger partial charge in [0.25, 0.3) is 0 Å². The third-order valence-corrected chi connectivity index (χ3v) is 5.02. The zero-order valence-corrected chi connectivity index (χ0v) is 20.2. The first kappa shape index (κ1) is 31.0. The predicted octanol–water partition coefficient (Wildman–Crippen LogP) is 3.61. The summed E-state index contributed by atoms with van der Waals surface area (Å²) in [5.41, 5.74) is 2.33. The lowest BCUT2D eigenvalue weighted by Gasteiger charge is -2.19. The van der Waals surface area contributed by atoms with E-state index < -0.39 is 24.3 Å². The van der Waals surface area contributed by atoms with Crippen molar-refractivity contribution in [2.75, 3.05) is 18.4 Å². The molecule has 0 radical (unpaired) electrons. The van der Waals surface area contributed by atoms with Crippen molar-refractivity contribution in [3.05, 3.63) is 72.2 Å². The molecule has 0 aromatic carbocycles. The van der Waals surface area contributed by atoms with Crippen LogP contribution in [0, 0.1) is 0 Å². The number of alkyl halides is 6. The van der Waals surface area contributed by atoms with Crippen molar-refractivity contribution in [3.63, 3.8) is 0 Å². The number of rotatable bonds is 5. The maximum Gasteiger partial charge on any atom is 0.490 e. The molecule has 0 saturated heterocycles. The Morgan fingerprint density at radius 2 is 1.44 bits per heavy atom. The van der Waals surface area contributed by atoms with E-state index in [4.69, 9.17) is 19.8 Å². The third-order valence-electron chi connectivity index (χ3n) is 5.02. The summed E-state index contributed by atoms with van der Waals surface area (Å²) in [5.74, 6) is -3.45. The van der Waals surface area contributed by atoms with Crippen molar-refractivity contribution in [1.29, 1.82) is 0 Å². The molecule has 212 valence electrons. The first-order valence-electron chi connectivity index (χ1n) is 11.2. The van der Waals surface area contributed by atoms with Gasteiger partial charge in [-0.05, 0) is 24.3 Å². The standard InChI is InChI=1S/C19H22N6.2C2HF3O2/c1-3-8-20-16(5-1)15-24-10-7-19-23-14-17(25(19)12-11-24)13-22-18-6-2-4-9-21-18;2*3-2(4,5)1(6)7/h1-6,8-9,14H,7,10-13,15H2,(H,21,22);2*(H,6,7). The minimum atomic E-state index is -5.08. The van der Waals surface area contributed by atoms with Crippen LogP contribution < -0.4 is 5.32 Å². The second-order valence-electron chi connectivity index (χ2n) is 7.84. The highest BCUT2D eigenvalue weighted by atomic mass is 19.4. The van der Waals surface area contributed by atoms with Crippen molar-refractivity contribution in [3.8, 4) is 0 Å². The van der Waals surface area contributed by atoms with E-state index in [0.29, 0.717) is 0 Å². The van der Waals surface area contributed by atoms with Crippen LogP contribution in [0.1, 0.15) is 17.2 Å². The highest BCUT2D eigenvalue weighted by Gasteiger charge is 2.38. The molecule has 4 rings (SSSR count). The van der Waals surface area contributed by atoms with Gasteiger partial charge in [0.05, 0.1) is 24.1 Å². The maximum absolute atomic E-state index is 10.6. The predicted molar refractivity (Wildman–Crippen MR) is 124 cm³/mol. The van der Waals surface area contributed by atoms with Gasteiger partial charge in [0.2, 0.25) is 0 Å². The highest BCUT2D eigenvalue weighted by Crippen LogP contribution is 2.15. The smallest absolute Gasteiger partial charge is 0.475 e. The molecule has 16 heteroatoms. The molecule has 0 aliphatic carbocycles. The zero-order valence-electron chi connectivity index (χ0n) is 20.2. The Hall–Kier alpha value is -4.21. The van der Waals surface area contributed by atoms with E-state index in [9.17, 15) is 26.3 Å². The van der Waals surface area contributed by atoms with Crippen molar-refractivity contribution in [2.45, 2.75) is 38.4 Å². The van der Waals surface area contributed by atoms with E-state index >= 15 is 0 Å². The molecule has 0 unspecified atom stereocenters. The van der Waals surface area contributed by atoms with Crippen LogP contribution in [0.4, 0.5) is 32.2 Å². The summed E-state index contributed by atoms with van der Waals surface area (Å²) >= 11 is 0. The number of nitrogens with one attached hydrogen (secondary N) is 1. The van der Waals surface area contributed by atoms with Gasteiger partial charge < -0.3 is 20.1 Å². The van der Waals surface area contributed by atoms with Gasteiger partial charge >= 0.3 is 24.3 Å². The molecule has 1 aliphatic rings. The van der Waals surface area contributed by atoms with Crippen LogP contribution in [0.25, 0.3) is 0 Å².